The molecular formula is C12H21N3S. The van der Waals surface area contributed by atoms with Crippen LogP contribution in [-0.4, -0.2) is 14.8 Å². The van der Waals surface area contributed by atoms with E-state index in [4.69, 9.17) is 12.2 Å². The molecular weight excluding hydrogens is 218 g/mol. The first-order valence-electron chi connectivity index (χ1n) is 6.44. The molecule has 1 aliphatic carbocycles. The zero-order chi connectivity index (χ0) is 11.5. The summed E-state index contributed by atoms with van der Waals surface area (Å²) in [6.07, 6.45) is 7.47. The van der Waals surface area contributed by atoms with Crippen LogP contribution in [0.5, 0.6) is 0 Å². The van der Waals surface area contributed by atoms with Crippen LogP contribution in [0.25, 0.3) is 0 Å². The van der Waals surface area contributed by atoms with Gasteiger partial charge in [0.2, 0.25) is 0 Å². The Hall–Kier alpha value is -0.640. The van der Waals surface area contributed by atoms with Crippen LogP contribution in [0.3, 0.4) is 0 Å². The number of H-pyrrole nitrogens is 1. The molecule has 2 rings (SSSR count). The Labute approximate surface area is 102 Å². The molecule has 3 nitrogen and oxygen atoms in total. The lowest BCUT2D eigenvalue weighted by atomic mass is 9.98. The van der Waals surface area contributed by atoms with Crippen LogP contribution in [0.1, 0.15) is 70.2 Å². The fraction of sp³-hybridized carbons (Fsp3) is 0.833. The van der Waals surface area contributed by atoms with Gasteiger partial charge in [0, 0.05) is 12.0 Å². The van der Waals surface area contributed by atoms with E-state index in [1.165, 1.54) is 37.9 Å². The first-order chi connectivity index (χ1) is 7.77. The average molecular weight is 239 g/mol. The number of rotatable bonds is 6. The molecule has 1 aromatic rings. The van der Waals surface area contributed by atoms with Gasteiger partial charge in [0.05, 0.1) is 0 Å². The van der Waals surface area contributed by atoms with Crippen molar-refractivity contribution in [1.82, 2.24) is 14.8 Å². The van der Waals surface area contributed by atoms with Crippen LogP contribution in [0.4, 0.5) is 0 Å². The van der Waals surface area contributed by atoms with E-state index < -0.39 is 0 Å². The highest BCUT2D eigenvalue weighted by Crippen LogP contribution is 2.38. The van der Waals surface area contributed by atoms with Crippen LogP contribution in [-0.2, 0) is 0 Å². The monoisotopic (exact) mass is 239 g/mol. The molecule has 0 spiro atoms. The molecule has 1 heterocycles. The second-order valence-corrected chi connectivity index (χ2v) is 5.12. The molecule has 4 heteroatoms. The first kappa shape index (κ1) is 11.8. The summed E-state index contributed by atoms with van der Waals surface area (Å²) in [6.45, 7) is 4.49. The van der Waals surface area contributed by atoms with Crippen LogP contribution < -0.4 is 0 Å². The van der Waals surface area contributed by atoms with E-state index in [0.29, 0.717) is 12.0 Å². The average Bonchev–Trinajstić information content (AvgIpc) is 3.05. The molecule has 1 saturated carbocycles. The highest BCUT2D eigenvalue weighted by molar-refractivity contribution is 7.71. The number of unbranched alkanes of at least 4 members (excludes halogenated alkanes) is 1. The molecule has 16 heavy (non-hydrogen) atoms. The lowest BCUT2D eigenvalue weighted by Crippen LogP contribution is -2.08. The number of hydrogen-bond acceptors (Lipinski definition) is 2. The van der Waals surface area contributed by atoms with Crippen LogP contribution >= 0.6 is 12.2 Å². The minimum Gasteiger partial charge on any atom is -0.301 e. The molecule has 0 aliphatic heterocycles. The van der Waals surface area contributed by atoms with E-state index in [0.717, 1.165) is 11.2 Å². The standard InChI is InChI=1S/C12H21N3S/c1-3-5-6-9(4-2)11-13-14-12(16)15(11)10-7-8-10/h9-10H,3-8H2,1-2H3,(H,14,16). The van der Waals surface area contributed by atoms with E-state index in [1.807, 2.05) is 0 Å². The molecule has 1 N–H and O–H groups in total. The van der Waals surface area contributed by atoms with Crippen molar-refractivity contribution >= 4 is 12.2 Å². The van der Waals surface area contributed by atoms with Crippen molar-refractivity contribution in [3.63, 3.8) is 0 Å². The maximum atomic E-state index is 5.31. The molecule has 0 aromatic carbocycles. The maximum Gasteiger partial charge on any atom is 0.195 e. The van der Waals surface area contributed by atoms with Crippen LogP contribution in [0.2, 0.25) is 0 Å². The summed E-state index contributed by atoms with van der Waals surface area (Å²) in [5.41, 5.74) is 0. The Balaban J connectivity index is 2.19. The summed E-state index contributed by atoms with van der Waals surface area (Å²) < 4.78 is 3.08. The lowest BCUT2D eigenvalue weighted by Gasteiger charge is -2.14. The summed E-state index contributed by atoms with van der Waals surface area (Å²) in [7, 11) is 0. The van der Waals surface area contributed by atoms with Gasteiger partial charge < -0.3 is 4.57 Å². The molecule has 1 unspecified atom stereocenters. The Morgan fingerprint density at radius 1 is 1.50 bits per heavy atom. The minimum atomic E-state index is 0.577. The van der Waals surface area contributed by atoms with E-state index in [1.54, 1.807) is 0 Å². The Bertz CT molecular complexity index is 389. The quantitative estimate of drug-likeness (QED) is 0.762. The van der Waals surface area contributed by atoms with Crippen molar-refractivity contribution in [1.29, 1.82) is 0 Å². The largest absolute Gasteiger partial charge is 0.301 e. The molecule has 0 amide bonds. The molecule has 0 radical (unpaired) electrons. The second kappa shape index (κ2) is 5.13. The summed E-state index contributed by atoms with van der Waals surface area (Å²) in [5, 5.41) is 7.41. The second-order valence-electron chi connectivity index (χ2n) is 4.74. The van der Waals surface area contributed by atoms with Crippen molar-refractivity contribution in [3.05, 3.63) is 10.6 Å². The SMILES string of the molecule is CCCCC(CC)c1n[nH]c(=S)n1C1CC1. The van der Waals surface area contributed by atoms with Crippen molar-refractivity contribution in [3.8, 4) is 0 Å². The van der Waals surface area contributed by atoms with Crippen molar-refractivity contribution in [2.24, 2.45) is 0 Å². The van der Waals surface area contributed by atoms with Crippen molar-refractivity contribution in [2.75, 3.05) is 0 Å². The van der Waals surface area contributed by atoms with Crippen LogP contribution in [0.15, 0.2) is 0 Å². The summed E-state index contributed by atoms with van der Waals surface area (Å²) in [4.78, 5) is 0. The number of hydrogen-bond donors (Lipinski definition) is 1. The highest BCUT2D eigenvalue weighted by Gasteiger charge is 2.29. The maximum absolute atomic E-state index is 5.31. The fourth-order valence-corrected chi connectivity index (χ4v) is 2.55. The van der Waals surface area contributed by atoms with Gasteiger partial charge in [-0.25, -0.2) is 0 Å². The van der Waals surface area contributed by atoms with Gasteiger partial charge in [0.15, 0.2) is 4.77 Å². The number of aromatic nitrogens is 3. The van der Waals surface area contributed by atoms with Gasteiger partial charge in [-0.3, -0.25) is 5.10 Å². The zero-order valence-electron chi connectivity index (χ0n) is 10.2. The van der Waals surface area contributed by atoms with Crippen molar-refractivity contribution < 1.29 is 0 Å². The predicted molar refractivity (Wildman–Crippen MR) is 68.2 cm³/mol. The predicted octanol–water partition coefficient (Wildman–Crippen LogP) is 3.96. The molecule has 1 aliphatic rings. The topological polar surface area (TPSA) is 33.6 Å². The Morgan fingerprint density at radius 2 is 2.25 bits per heavy atom. The van der Waals surface area contributed by atoms with Crippen molar-refractivity contribution in [2.45, 2.75) is 64.3 Å². The van der Waals surface area contributed by atoms with Gasteiger partial charge >= 0.3 is 0 Å². The summed E-state index contributed by atoms with van der Waals surface area (Å²) in [6, 6.07) is 0.636. The molecule has 90 valence electrons. The third-order valence-electron chi connectivity index (χ3n) is 3.41. The third-order valence-corrected chi connectivity index (χ3v) is 3.70. The molecule has 0 saturated heterocycles. The van der Waals surface area contributed by atoms with Gasteiger partial charge in [-0.2, -0.15) is 5.10 Å². The lowest BCUT2D eigenvalue weighted by molar-refractivity contribution is 0.510. The minimum absolute atomic E-state index is 0.577. The van der Waals surface area contributed by atoms with Gasteiger partial charge in [0.1, 0.15) is 5.82 Å². The van der Waals surface area contributed by atoms with Gasteiger partial charge in [-0.05, 0) is 37.9 Å². The highest BCUT2D eigenvalue weighted by atomic mass is 32.1. The zero-order valence-corrected chi connectivity index (χ0v) is 11.0. The van der Waals surface area contributed by atoms with Gasteiger partial charge in [0.25, 0.3) is 0 Å². The normalized spacial score (nSPS) is 17.6. The number of aromatic amines is 1. The van der Waals surface area contributed by atoms with Crippen LogP contribution in [0, 0.1) is 4.77 Å². The smallest absolute Gasteiger partial charge is 0.195 e. The summed E-state index contributed by atoms with van der Waals surface area (Å²) in [5.74, 6) is 1.77. The first-order valence-corrected chi connectivity index (χ1v) is 6.85. The molecule has 1 fully saturated rings. The fourth-order valence-electron chi connectivity index (χ4n) is 2.26. The van der Waals surface area contributed by atoms with Gasteiger partial charge in [-0.1, -0.05) is 26.7 Å². The molecule has 0 bridgehead atoms. The molecule has 1 aromatic heterocycles. The van der Waals surface area contributed by atoms with Gasteiger partial charge in [-0.15, -0.1) is 0 Å². The number of nitrogens with zero attached hydrogens (tertiary/aromatic N) is 2. The Kier molecular flexibility index (Phi) is 3.79. The van der Waals surface area contributed by atoms with E-state index in [2.05, 4.69) is 28.6 Å². The molecule has 1 atom stereocenters. The van der Waals surface area contributed by atoms with E-state index in [-0.39, 0.29) is 0 Å². The Morgan fingerprint density at radius 3 is 2.81 bits per heavy atom. The van der Waals surface area contributed by atoms with E-state index >= 15 is 0 Å². The summed E-state index contributed by atoms with van der Waals surface area (Å²) >= 11 is 5.31. The number of nitrogens with one attached hydrogen (secondary N) is 1. The third kappa shape index (κ3) is 2.37. The van der Waals surface area contributed by atoms with E-state index in [9.17, 15) is 0 Å².